The minimum atomic E-state index is -0.113. The van der Waals surface area contributed by atoms with Crippen LogP contribution in [0.15, 0.2) is 42.7 Å². The zero-order valence-corrected chi connectivity index (χ0v) is 13.2. The summed E-state index contributed by atoms with van der Waals surface area (Å²) in [5.74, 6) is 0.0446. The first kappa shape index (κ1) is 15.7. The summed E-state index contributed by atoms with van der Waals surface area (Å²) >= 11 is 0. The van der Waals surface area contributed by atoms with Gasteiger partial charge in [-0.2, -0.15) is 5.10 Å². The van der Waals surface area contributed by atoms with Crippen molar-refractivity contribution in [2.24, 2.45) is 5.92 Å². The van der Waals surface area contributed by atoms with Gasteiger partial charge in [-0.15, -0.1) is 0 Å². The van der Waals surface area contributed by atoms with E-state index >= 15 is 0 Å². The molecule has 2 N–H and O–H groups in total. The molecule has 1 aliphatic rings. The monoisotopic (exact) mass is 313 g/mol. The average Bonchev–Trinajstić information content (AvgIpc) is 2.98. The van der Waals surface area contributed by atoms with Gasteiger partial charge in [0.15, 0.2) is 0 Å². The minimum Gasteiger partial charge on any atom is -0.396 e. The Kier molecular flexibility index (Phi) is 5.08. The SMILES string of the molecule is O=C(NC1CCCCCC1CO)c1cnn(-c2ccccc2)c1. The molecule has 3 rings (SSSR count). The predicted octanol–water partition coefficient (Wildman–Crippen LogP) is 2.54. The number of aromatic nitrogens is 2. The zero-order valence-electron chi connectivity index (χ0n) is 13.2. The highest BCUT2D eigenvalue weighted by molar-refractivity contribution is 5.94. The summed E-state index contributed by atoms with van der Waals surface area (Å²) in [7, 11) is 0. The summed E-state index contributed by atoms with van der Waals surface area (Å²) in [6, 6.07) is 9.77. The molecule has 1 heterocycles. The van der Waals surface area contributed by atoms with Gasteiger partial charge >= 0.3 is 0 Å². The fourth-order valence-corrected chi connectivity index (χ4v) is 3.21. The van der Waals surface area contributed by atoms with E-state index in [0.717, 1.165) is 31.4 Å². The molecule has 1 fully saturated rings. The third-order valence-corrected chi connectivity index (χ3v) is 4.58. The number of aliphatic hydroxyl groups excluding tert-OH is 1. The molecule has 122 valence electrons. The number of nitrogens with one attached hydrogen (secondary N) is 1. The lowest BCUT2D eigenvalue weighted by molar-refractivity contribution is 0.0899. The Morgan fingerprint density at radius 2 is 2.00 bits per heavy atom. The normalized spacial score (nSPS) is 21.6. The van der Waals surface area contributed by atoms with E-state index in [1.807, 2.05) is 30.3 Å². The van der Waals surface area contributed by atoms with Crippen LogP contribution in [0.5, 0.6) is 0 Å². The molecule has 5 heteroatoms. The van der Waals surface area contributed by atoms with Crippen molar-refractivity contribution in [2.75, 3.05) is 6.61 Å². The molecular formula is C18H23N3O2. The molecule has 2 aromatic rings. The topological polar surface area (TPSA) is 67.2 Å². The van der Waals surface area contributed by atoms with Gasteiger partial charge in [0.1, 0.15) is 0 Å². The molecule has 1 aromatic heterocycles. The Morgan fingerprint density at radius 3 is 2.78 bits per heavy atom. The second-order valence-corrected chi connectivity index (χ2v) is 6.17. The molecule has 5 nitrogen and oxygen atoms in total. The molecule has 1 aliphatic carbocycles. The van der Waals surface area contributed by atoms with Crippen molar-refractivity contribution in [3.05, 3.63) is 48.3 Å². The molecule has 0 radical (unpaired) electrons. The van der Waals surface area contributed by atoms with Crippen LogP contribution in [0.4, 0.5) is 0 Å². The molecule has 1 saturated carbocycles. The number of hydrogen-bond donors (Lipinski definition) is 2. The maximum atomic E-state index is 12.5. The quantitative estimate of drug-likeness (QED) is 0.852. The number of nitrogens with zero attached hydrogens (tertiary/aromatic N) is 2. The lowest BCUT2D eigenvalue weighted by atomic mass is 9.95. The molecule has 0 aliphatic heterocycles. The molecule has 23 heavy (non-hydrogen) atoms. The summed E-state index contributed by atoms with van der Waals surface area (Å²) in [6.07, 6.45) is 8.65. The Labute approximate surface area is 136 Å². The number of carbonyl (C=O) groups excluding carboxylic acids is 1. The molecule has 2 atom stereocenters. The molecular weight excluding hydrogens is 290 g/mol. The third-order valence-electron chi connectivity index (χ3n) is 4.58. The summed E-state index contributed by atoms with van der Waals surface area (Å²) in [4.78, 5) is 12.5. The van der Waals surface area contributed by atoms with E-state index in [1.165, 1.54) is 6.42 Å². The molecule has 1 aromatic carbocycles. The van der Waals surface area contributed by atoms with Crippen LogP contribution in [0, 0.1) is 5.92 Å². The van der Waals surface area contributed by atoms with Gasteiger partial charge in [-0.3, -0.25) is 4.79 Å². The van der Waals surface area contributed by atoms with E-state index in [4.69, 9.17) is 0 Å². The number of para-hydroxylation sites is 1. The van der Waals surface area contributed by atoms with Crippen LogP contribution >= 0.6 is 0 Å². The highest BCUT2D eigenvalue weighted by atomic mass is 16.3. The van der Waals surface area contributed by atoms with E-state index in [2.05, 4.69) is 10.4 Å². The zero-order chi connectivity index (χ0) is 16.1. The molecule has 0 saturated heterocycles. The first-order chi connectivity index (χ1) is 11.3. The fraction of sp³-hybridized carbons (Fsp3) is 0.444. The van der Waals surface area contributed by atoms with Crippen molar-refractivity contribution < 1.29 is 9.90 Å². The fourth-order valence-electron chi connectivity index (χ4n) is 3.21. The number of rotatable bonds is 4. The number of amides is 1. The van der Waals surface area contributed by atoms with Crippen molar-refractivity contribution in [1.82, 2.24) is 15.1 Å². The second-order valence-electron chi connectivity index (χ2n) is 6.17. The van der Waals surface area contributed by atoms with Gasteiger partial charge < -0.3 is 10.4 Å². The molecule has 1 amide bonds. The Morgan fingerprint density at radius 1 is 1.22 bits per heavy atom. The van der Waals surface area contributed by atoms with E-state index in [0.29, 0.717) is 5.56 Å². The smallest absolute Gasteiger partial charge is 0.254 e. The van der Waals surface area contributed by atoms with E-state index in [9.17, 15) is 9.90 Å². The summed E-state index contributed by atoms with van der Waals surface area (Å²) in [5, 5.41) is 16.9. The first-order valence-electron chi connectivity index (χ1n) is 8.30. The Hall–Kier alpha value is -2.14. The summed E-state index contributed by atoms with van der Waals surface area (Å²) in [6.45, 7) is 0.133. The maximum Gasteiger partial charge on any atom is 0.254 e. The van der Waals surface area contributed by atoms with Gasteiger partial charge in [0.05, 0.1) is 17.4 Å². The van der Waals surface area contributed by atoms with Gasteiger partial charge in [0, 0.05) is 24.8 Å². The van der Waals surface area contributed by atoms with Crippen LogP contribution in [0.25, 0.3) is 5.69 Å². The molecule has 0 spiro atoms. The van der Waals surface area contributed by atoms with Crippen molar-refractivity contribution >= 4 is 5.91 Å². The average molecular weight is 313 g/mol. The number of hydrogen-bond acceptors (Lipinski definition) is 3. The van der Waals surface area contributed by atoms with Gasteiger partial charge in [-0.25, -0.2) is 4.68 Å². The van der Waals surface area contributed by atoms with Crippen LogP contribution in [-0.4, -0.2) is 33.4 Å². The number of benzene rings is 1. The van der Waals surface area contributed by atoms with E-state index in [-0.39, 0.29) is 24.5 Å². The Bertz CT molecular complexity index is 639. The standard InChI is InChI=1S/C18H23N3O2/c22-13-14-7-3-1-6-10-17(14)20-18(23)15-11-19-21(12-15)16-8-4-2-5-9-16/h2,4-5,8-9,11-12,14,17,22H,1,3,6-7,10,13H2,(H,20,23). The van der Waals surface area contributed by atoms with Crippen molar-refractivity contribution in [1.29, 1.82) is 0 Å². The highest BCUT2D eigenvalue weighted by Gasteiger charge is 2.25. The van der Waals surface area contributed by atoms with Gasteiger partial charge in [-0.1, -0.05) is 37.5 Å². The number of aliphatic hydroxyl groups is 1. The van der Waals surface area contributed by atoms with Crippen LogP contribution < -0.4 is 5.32 Å². The van der Waals surface area contributed by atoms with Crippen LogP contribution in [-0.2, 0) is 0 Å². The van der Waals surface area contributed by atoms with Gasteiger partial charge in [-0.05, 0) is 25.0 Å². The summed E-state index contributed by atoms with van der Waals surface area (Å²) in [5.41, 5.74) is 1.48. The lowest BCUT2D eigenvalue weighted by Gasteiger charge is -2.24. The van der Waals surface area contributed by atoms with Crippen molar-refractivity contribution in [3.63, 3.8) is 0 Å². The predicted molar refractivity (Wildman–Crippen MR) is 88.5 cm³/mol. The maximum absolute atomic E-state index is 12.5. The van der Waals surface area contributed by atoms with Crippen LogP contribution in [0.3, 0.4) is 0 Å². The van der Waals surface area contributed by atoms with Gasteiger partial charge in [0.25, 0.3) is 5.91 Å². The van der Waals surface area contributed by atoms with E-state index < -0.39 is 0 Å². The minimum absolute atomic E-state index is 0.0510. The van der Waals surface area contributed by atoms with Crippen molar-refractivity contribution in [2.45, 2.75) is 38.1 Å². The van der Waals surface area contributed by atoms with Crippen LogP contribution in [0.2, 0.25) is 0 Å². The number of carbonyl (C=O) groups is 1. The molecule has 0 bridgehead atoms. The second kappa shape index (κ2) is 7.42. The summed E-state index contributed by atoms with van der Waals surface area (Å²) < 4.78 is 1.70. The first-order valence-corrected chi connectivity index (χ1v) is 8.30. The lowest BCUT2D eigenvalue weighted by Crippen LogP contribution is -2.41. The van der Waals surface area contributed by atoms with Crippen molar-refractivity contribution in [3.8, 4) is 5.69 Å². The molecule has 2 unspecified atom stereocenters. The highest BCUT2D eigenvalue weighted by Crippen LogP contribution is 2.23. The Balaban J connectivity index is 1.69. The van der Waals surface area contributed by atoms with E-state index in [1.54, 1.807) is 17.1 Å². The van der Waals surface area contributed by atoms with Gasteiger partial charge in [0.2, 0.25) is 0 Å². The van der Waals surface area contributed by atoms with Crippen LogP contribution in [0.1, 0.15) is 42.5 Å². The third kappa shape index (κ3) is 3.79. The largest absolute Gasteiger partial charge is 0.396 e.